The molecular formula is C19H26N4O2. The van der Waals surface area contributed by atoms with Crippen molar-refractivity contribution in [2.24, 2.45) is 0 Å². The lowest BCUT2D eigenvalue weighted by Crippen LogP contribution is -2.28. The normalized spacial score (nSPS) is 14.3. The smallest absolute Gasteiger partial charge is 0.138 e. The minimum Gasteiger partial charge on any atom is -0.379 e. The van der Waals surface area contributed by atoms with E-state index >= 15 is 0 Å². The van der Waals surface area contributed by atoms with Crippen LogP contribution in [-0.2, 0) is 29.0 Å². The van der Waals surface area contributed by atoms with Crippen LogP contribution in [0.5, 0.6) is 0 Å². The van der Waals surface area contributed by atoms with Crippen molar-refractivity contribution in [3.63, 3.8) is 0 Å². The Balaban J connectivity index is 1.65. The monoisotopic (exact) mass is 342 g/mol. The summed E-state index contributed by atoms with van der Waals surface area (Å²) in [6, 6.07) is 8.24. The van der Waals surface area contributed by atoms with Crippen LogP contribution in [0.3, 0.4) is 0 Å². The van der Waals surface area contributed by atoms with Crippen molar-refractivity contribution in [1.82, 2.24) is 14.9 Å². The Bertz CT molecular complexity index is 693. The Kier molecular flexibility index (Phi) is 6.33. The van der Waals surface area contributed by atoms with Crippen molar-refractivity contribution in [1.29, 1.82) is 0 Å². The Morgan fingerprint density at radius 3 is 2.96 bits per heavy atom. The first kappa shape index (κ1) is 17.8. The van der Waals surface area contributed by atoms with Gasteiger partial charge in [0.25, 0.3) is 0 Å². The van der Waals surface area contributed by atoms with E-state index < -0.39 is 0 Å². The number of ether oxygens (including phenoxy) is 2. The number of nitrogens with one attached hydrogen (secondary N) is 1. The van der Waals surface area contributed by atoms with E-state index in [4.69, 9.17) is 9.47 Å². The maximum Gasteiger partial charge on any atom is 0.138 e. The van der Waals surface area contributed by atoms with Crippen molar-refractivity contribution in [3.05, 3.63) is 47.4 Å². The Hall–Kier alpha value is -2.02. The molecule has 2 heterocycles. The Morgan fingerprint density at radius 2 is 2.08 bits per heavy atom. The standard InChI is InChI=1S/C19H26N4O2/c1-3-24-9-10-25-13-15-5-4-6-16(11-15)22-19-17-12-23(2)8-7-18(17)20-14-21-19/h4-6,11,14H,3,7-10,12-13H2,1-2H3,(H,20,21,22). The summed E-state index contributed by atoms with van der Waals surface area (Å²) < 4.78 is 10.9. The quantitative estimate of drug-likeness (QED) is 0.745. The number of aromatic nitrogens is 2. The highest BCUT2D eigenvalue weighted by Crippen LogP contribution is 2.25. The van der Waals surface area contributed by atoms with Gasteiger partial charge in [-0.05, 0) is 31.7 Å². The van der Waals surface area contributed by atoms with Crippen LogP contribution in [0.25, 0.3) is 0 Å². The third-order valence-electron chi connectivity index (χ3n) is 4.23. The van der Waals surface area contributed by atoms with Crippen LogP contribution in [-0.4, -0.2) is 48.3 Å². The van der Waals surface area contributed by atoms with Crippen molar-refractivity contribution in [2.75, 3.05) is 38.7 Å². The molecule has 0 saturated carbocycles. The molecule has 2 aromatic rings. The van der Waals surface area contributed by atoms with Gasteiger partial charge >= 0.3 is 0 Å². The summed E-state index contributed by atoms with van der Waals surface area (Å²) in [4.78, 5) is 11.2. The second-order valence-corrected chi connectivity index (χ2v) is 6.21. The molecule has 0 fully saturated rings. The number of likely N-dealkylation sites (N-methyl/N-ethyl adjacent to an activating group) is 1. The molecule has 6 heteroatoms. The van der Waals surface area contributed by atoms with E-state index in [9.17, 15) is 0 Å². The molecule has 0 radical (unpaired) electrons. The molecule has 0 saturated heterocycles. The summed E-state index contributed by atoms with van der Waals surface area (Å²) in [5, 5.41) is 3.45. The summed E-state index contributed by atoms with van der Waals surface area (Å²) in [7, 11) is 2.12. The number of benzene rings is 1. The van der Waals surface area contributed by atoms with E-state index in [-0.39, 0.29) is 0 Å². The van der Waals surface area contributed by atoms with E-state index in [0.29, 0.717) is 19.8 Å². The maximum atomic E-state index is 5.65. The molecule has 1 aromatic carbocycles. The van der Waals surface area contributed by atoms with Gasteiger partial charge in [0, 0.05) is 37.4 Å². The van der Waals surface area contributed by atoms with Gasteiger partial charge in [-0.2, -0.15) is 0 Å². The van der Waals surface area contributed by atoms with Crippen LogP contribution < -0.4 is 5.32 Å². The van der Waals surface area contributed by atoms with Crippen LogP contribution >= 0.6 is 0 Å². The summed E-state index contributed by atoms with van der Waals surface area (Å²) >= 11 is 0. The minimum absolute atomic E-state index is 0.577. The highest BCUT2D eigenvalue weighted by atomic mass is 16.5. The van der Waals surface area contributed by atoms with Gasteiger partial charge < -0.3 is 19.7 Å². The average molecular weight is 342 g/mol. The van der Waals surface area contributed by atoms with Gasteiger partial charge in [-0.3, -0.25) is 0 Å². The van der Waals surface area contributed by atoms with Crippen molar-refractivity contribution < 1.29 is 9.47 Å². The van der Waals surface area contributed by atoms with Crippen LogP contribution in [0.2, 0.25) is 0 Å². The predicted octanol–water partition coefficient (Wildman–Crippen LogP) is 2.76. The minimum atomic E-state index is 0.577. The lowest BCUT2D eigenvalue weighted by Gasteiger charge is -2.25. The van der Waals surface area contributed by atoms with Crippen LogP contribution in [0.4, 0.5) is 11.5 Å². The fourth-order valence-corrected chi connectivity index (χ4v) is 2.91. The zero-order valence-corrected chi connectivity index (χ0v) is 15.0. The fraction of sp³-hybridized carbons (Fsp3) is 0.474. The average Bonchev–Trinajstić information content (AvgIpc) is 2.62. The summed E-state index contributed by atoms with van der Waals surface area (Å²) in [5.41, 5.74) is 4.47. The van der Waals surface area contributed by atoms with Gasteiger partial charge in [-0.1, -0.05) is 12.1 Å². The SMILES string of the molecule is CCOCCOCc1cccc(Nc2ncnc3c2CN(C)CC3)c1. The Labute approximate surface area is 149 Å². The van der Waals surface area contributed by atoms with Crippen LogP contribution in [0.1, 0.15) is 23.7 Å². The third kappa shape index (κ3) is 4.98. The molecule has 1 N–H and O–H groups in total. The number of fused-ring (bicyclic) bond motifs is 1. The molecule has 134 valence electrons. The molecule has 0 atom stereocenters. The molecule has 6 nitrogen and oxygen atoms in total. The van der Waals surface area contributed by atoms with Crippen molar-refractivity contribution in [3.8, 4) is 0 Å². The largest absolute Gasteiger partial charge is 0.379 e. The zero-order valence-electron chi connectivity index (χ0n) is 15.0. The van der Waals surface area contributed by atoms with Crippen molar-refractivity contribution >= 4 is 11.5 Å². The first-order chi connectivity index (χ1) is 12.3. The molecule has 25 heavy (non-hydrogen) atoms. The molecule has 0 amide bonds. The topological polar surface area (TPSA) is 59.5 Å². The first-order valence-corrected chi connectivity index (χ1v) is 8.79. The third-order valence-corrected chi connectivity index (χ3v) is 4.23. The Morgan fingerprint density at radius 1 is 1.20 bits per heavy atom. The number of hydrogen-bond donors (Lipinski definition) is 1. The van der Waals surface area contributed by atoms with Gasteiger partial charge in [0.1, 0.15) is 12.1 Å². The highest BCUT2D eigenvalue weighted by molar-refractivity contribution is 5.60. The van der Waals surface area contributed by atoms with Gasteiger partial charge in [0.05, 0.1) is 25.5 Å². The number of anilines is 2. The number of nitrogens with zero attached hydrogens (tertiary/aromatic N) is 3. The molecular weight excluding hydrogens is 316 g/mol. The second-order valence-electron chi connectivity index (χ2n) is 6.21. The van der Waals surface area contributed by atoms with Gasteiger partial charge in [0.15, 0.2) is 0 Å². The van der Waals surface area contributed by atoms with Crippen molar-refractivity contribution in [2.45, 2.75) is 26.5 Å². The second kappa shape index (κ2) is 8.89. The molecule has 0 spiro atoms. The predicted molar refractivity (Wildman–Crippen MR) is 97.9 cm³/mol. The van der Waals surface area contributed by atoms with E-state index in [0.717, 1.165) is 48.9 Å². The highest BCUT2D eigenvalue weighted by Gasteiger charge is 2.18. The maximum absolute atomic E-state index is 5.65. The lowest BCUT2D eigenvalue weighted by molar-refractivity contribution is 0.0453. The van der Waals surface area contributed by atoms with E-state index in [1.54, 1.807) is 6.33 Å². The molecule has 1 aliphatic heterocycles. The van der Waals surface area contributed by atoms with Gasteiger partial charge in [-0.15, -0.1) is 0 Å². The van der Waals surface area contributed by atoms with Crippen LogP contribution in [0, 0.1) is 0 Å². The molecule has 3 rings (SSSR count). The van der Waals surface area contributed by atoms with E-state index in [1.807, 2.05) is 19.1 Å². The molecule has 0 aliphatic carbocycles. The fourth-order valence-electron chi connectivity index (χ4n) is 2.91. The molecule has 1 aliphatic rings. The van der Waals surface area contributed by atoms with Crippen LogP contribution in [0.15, 0.2) is 30.6 Å². The summed E-state index contributed by atoms with van der Waals surface area (Å²) in [6.07, 6.45) is 2.62. The lowest BCUT2D eigenvalue weighted by atomic mass is 10.1. The van der Waals surface area contributed by atoms with E-state index in [1.165, 1.54) is 5.56 Å². The van der Waals surface area contributed by atoms with Gasteiger partial charge in [0.2, 0.25) is 0 Å². The van der Waals surface area contributed by atoms with E-state index in [2.05, 4.69) is 39.4 Å². The molecule has 0 unspecified atom stereocenters. The molecule has 0 bridgehead atoms. The van der Waals surface area contributed by atoms with Gasteiger partial charge in [-0.25, -0.2) is 9.97 Å². The first-order valence-electron chi connectivity index (χ1n) is 8.79. The summed E-state index contributed by atoms with van der Waals surface area (Å²) in [5.74, 6) is 0.894. The zero-order chi connectivity index (χ0) is 17.5. The number of hydrogen-bond acceptors (Lipinski definition) is 6. The summed E-state index contributed by atoms with van der Waals surface area (Å²) in [6.45, 7) is 6.44. The molecule has 1 aromatic heterocycles. The number of rotatable bonds is 8.